The third-order valence-electron chi connectivity index (χ3n) is 3.58. The minimum atomic E-state index is -0.298. The van der Waals surface area contributed by atoms with Crippen LogP contribution in [0.15, 0.2) is 60.8 Å². The normalized spacial score (nSPS) is 10.3. The van der Waals surface area contributed by atoms with Crippen molar-refractivity contribution < 1.29 is 19.0 Å². The van der Waals surface area contributed by atoms with E-state index in [4.69, 9.17) is 14.2 Å². The SMILES string of the molecule is COc1ccc(OCCC(=O)OCc2cnc(-c3ccccc3)s2)cc1. The second kappa shape index (κ2) is 9.01. The van der Waals surface area contributed by atoms with E-state index in [1.807, 2.05) is 42.5 Å². The molecule has 3 aromatic rings. The number of rotatable bonds is 8. The number of aromatic nitrogens is 1. The molecule has 1 aromatic heterocycles. The maximum absolute atomic E-state index is 11.8. The summed E-state index contributed by atoms with van der Waals surface area (Å²) in [6.07, 6.45) is 1.94. The van der Waals surface area contributed by atoms with Gasteiger partial charge in [-0.3, -0.25) is 4.79 Å². The van der Waals surface area contributed by atoms with Crippen molar-refractivity contribution in [2.45, 2.75) is 13.0 Å². The van der Waals surface area contributed by atoms with Crippen molar-refractivity contribution in [3.63, 3.8) is 0 Å². The Labute approximate surface area is 156 Å². The molecule has 0 fully saturated rings. The standard InChI is InChI=1S/C20H19NO4S/c1-23-16-7-9-17(10-8-16)24-12-11-19(22)25-14-18-13-21-20(26-18)15-5-3-2-4-6-15/h2-10,13H,11-12,14H2,1H3. The number of carbonyl (C=O) groups is 1. The monoisotopic (exact) mass is 369 g/mol. The average molecular weight is 369 g/mol. The van der Waals surface area contributed by atoms with Crippen LogP contribution in [0.4, 0.5) is 0 Å². The highest BCUT2D eigenvalue weighted by Crippen LogP contribution is 2.25. The van der Waals surface area contributed by atoms with Gasteiger partial charge in [0.2, 0.25) is 0 Å². The molecule has 0 aliphatic carbocycles. The zero-order chi connectivity index (χ0) is 18.2. The summed E-state index contributed by atoms with van der Waals surface area (Å²) in [6.45, 7) is 0.495. The first-order valence-corrected chi connectivity index (χ1v) is 8.99. The van der Waals surface area contributed by atoms with Crippen LogP contribution < -0.4 is 9.47 Å². The van der Waals surface area contributed by atoms with Gasteiger partial charge in [0, 0.05) is 11.8 Å². The van der Waals surface area contributed by atoms with E-state index in [1.165, 1.54) is 11.3 Å². The van der Waals surface area contributed by atoms with Crippen LogP contribution >= 0.6 is 11.3 Å². The van der Waals surface area contributed by atoms with E-state index in [0.717, 1.165) is 21.2 Å². The molecule has 0 radical (unpaired) electrons. The molecule has 0 spiro atoms. The van der Waals surface area contributed by atoms with Crippen LogP contribution in [0.25, 0.3) is 10.6 Å². The van der Waals surface area contributed by atoms with E-state index in [-0.39, 0.29) is 25.6 Å². The number of hydrogen-bond donors (Lipinski definition) is 0. The molecule has 0 saturated carbocycles. The van der Waals surface area contributed by atoms with Crippen LogP contribution in [0.2, 0.25) is 0 Å². The summed E-state index contributed by atoms with van der Waals surface area (Å²) in [5, 5.41) is 0.916. The Morgan fingerprint density at radius 1 is 1.04 bits per heavy atom. The minimum absolute atomic E-state index is 0.191. The quantitative estimate of drug-likeness (QED) is 0.553. The predicted octanol–water partition coefficient (Wildman–Crippen LogP) is 4.33. The number of nitrogens with zero attached hydrogens (tertiary/aromatic N) is 1. The summed E-state index contributed by atoms with van der Waals surface area (Å²) in [6, 6.07) is 17.1. The third-order valence-corrected chi connectivity index (χ3v) is 4.60. The number of methoxy groups -OCH3 is 1. The first kappa shape index (κ1) is 17.9. The molecule has 0 bridgehead atoms. The lowest BCUT2D eigenvalue weighted by Crippen LogP contribution is -2.09. The fourth-order valence-corrected chi connectivity index (χ4v) is 3.07. The summed E-state index contributed by atoms with van der Waals surface area (Å²) in [5.41, 5.74) is 1.06. The zero-order valence-electron chi connectivity index (χ0n) is 14.4. The number of benzene rings is 2. The lowest BCUT2D eigenvalue weighted by Gasteiger charge is -2.07. The Kier molecular flexibility index (Phi) is 6.22. The summed E-state index contributed by atoms with van der Waals surface area (Å²) in [5.74, 6) is 1.15. The van der Waals surface area contributed by atoms with Gasteiger partial charge in [-0.05, 0) is 24.3 Å². The Hall–Kier alpha value is -2.86. The Bertz CT molecular complexity index is 831. The largest absolute Gasteiger partial charge is 0.497 e. The molecule has 0 aliphatic rings. The van der Waals surface area contributed by atoms with Crippen LogP contribution in [0.1, 0.15) is 11.3 Å². The molecule has 0 aliphatic heterocycles. The van der Waals surface area contributed by atoms with Crippen molar-refractivity contribution in [2.24, 2.45) is 0 Å². The van der Waals surface area contributed by atoms with Crippen molar-refractivity contribution in [1.29, 1.82) is 0 Å². The number of ether oxygens (including phenoxy) is 3. The van der Waals surface area contributed by atoms with Gasteiger partial charge in [0.25, 0.3) is 0 Å². The van der Waals surface area contributed by atoms with Gasteiger partial charge in [0.15, 0.2) is 0 Å². The molecule has 0 unspecified atom stereocenters. The second-order valence-corrected chi connectivity index (χ2v) is 6.55. The van der Waals surface area contributed by atoms with Crippen LogP contribution in [-0.4, -0.2) is 24.7 Å². The molecule has 5 nitrogen and oxygen atoms in total. The molecule has 26 heavy (non-hydrogen) atoms. The van der Waals surface area contributed by atoms with Crippen molar-refractivity contribution in [1.82, 2.24) is 4.98 Å². The molecule has 0 amide bonds. The highest BCUT2D eigenvalue weighted by atomic mass is 32.1. The Morgan fingerprint density at radius 3 is 2.50 bits per heavy atom. The van der Waals surface area contributed by atoms with E-state index in [9.17, 15) is 4.79 Å². The van der Waals surface area contributed by atoms with Gasteiger partial charge in [-0.25, -0.2) is 4.98 Å². The average Bonchev–Trinajstić information content (AvgIpc) is 3.17. The van der Waals surface area contributed by atoms with Gasteiger partial charge in [-0.1, -0.05) is 30.3 Å². The highest BCUT2D eigenvalue weighted by Gasteiger charge is 2.08. The second-order valence-electron chi connectivity index (χ2n) is 5.43. The van der Waals surface area contributed by atoms with Crippen LogP contribution in [0, 0.1) is 0 Å². The Morgan fingerprint density at radius 2 is 1.77 bits per heavy atom. The minimum Gasteiger partial charge on any atom is -0.497 e. The maximum atomic E-state index is 11.8. The summed E-state index contributed by atoms with van der Waals surface area (Å²) in [4.78, 5) is 17.1. The number of thiazole rings is 1. The van der Waals surface area contributed by atoms with Gasteiger partial charge in [-0.2, -0.15) is 0 Å². The fourth-order valence-electron chi connectivity index (χ4n) is 2.24. The van der Waals surface area contributed by atoms with E-state index < -0.39 is 0 Å². The first-order chi connectivity index (χ1) is 12.7. The zero-order valence-corrected chi connectivity index (χ0v) is 15.2. The van der Waals surface area contributed by atoms with Crippen LogP contribution in [-0.2, 0) is 16.1 Å². The summed E-state index contributed by atoms with van der Waals surface area (Å²) in [7, 11) is 1.61. The van der Waals surface area contributed by atoms with Gasteiger partial charge >= 0.3 is 5.97 Å². The van der Waals surface area contributed by atoms with Crippen molar-refractivity contribution in [2.75, 3.05) is 13.7 Å². The summed E-state index contributed by atoms with van der Waals surface area (Å²) >= 11 is 1.52. The molecule has 0 saturated heterocycles. The lowest BCUT2D eigenvalue weighted by molar-refractivity contribution is -0.145. The molecule has 1 heterocycles. The molecule has 0 atom stereocenters. The smallest absolute Gasteiger partial charge is 0.309 e. The van der Waals surface area contributed by atoms with E-state index in [2.05, 4.69) is 4.98 Å². The number of hydrogen-bond acceptors (Lipinski definition) is 6. The van der Waals surface area contributed by atoms with Crippen LogP contribution in [0.5, 0.6) is 11.5 Å². The Balaban J connectivity index is 1.40. The van der Waals surface area contributed by atoms with Gasteiger partial charge in [0.1, 0.15) is 23.1 Å². The molecule has 134 valence electrons. The molecule has 0 N–H and O–H groups in total. The molecule has 6 heteroatoms. The van der Waals surface area contributed by atoms with Gasteiger partial charge in [0.05, 0.1) is 25.0 Å². The predicted molar refractivity (Wildman–Crippen MR) is 100 cm³/mol. The third kappa shape index (κ3) is 5.07. The van der Waals surface area contributed by atoms with Gasteiger partial charge < -0.3 is 14.2 Å². The van der Waals surface area contributed by atoms with E-state index >= 15 is 0 Å². The highest BCUT2D eigenvalue weighted by molar-refractivity contribution is 7.15. The van der Waals surface area contributed by atoms with E-state index in [1.54, 1.807) is 25.4 Å². The number of esters is 1. The molecular formula is C20H19NO4S. The van der Waals surface area contributed by atoms with Crippen molar-refractivity contribution in [3.8, 4) is 22.1 Å². The number of carbonyl (C=O) groups excluding carboxylic acids is 1. The first-order valence-electron chi connectivity index (χ1n) is 8.17. The van der Waals surface area contributed by atoms with E-state index in [0.29, 0.717) is 5.75 Å². The van der Waals surface area contributed by atoms with Gasteiger partial charge in [-0.15, -0.1) is 11.3 Å². The molecule has 2 aromatic carbocycles. The maximum Gasteiger partial charge on any atom is 0.309 e. The lowest BCUT2D eigenvalue weighted by atomic mass is 10.2. The molecule has 3 rings (SSSR count). The molecular weight excluding hydrogens is 350 g/mol. The topological polar surface area (TPSA) is 57.7 Å². The fraction of sp³-hybridized carbons (Fsp3) is 0.200. The van der Waals surface area contributed by atoms with Crippen LogP contribution in [0.3, 0.4) is 0 Å². The summed E-state index contributed by atoms with van der Waals surface area (Å²) < 4.78 is 15.9. The van der Waals surface area contributed by atoms with Crippen molar-refractivity contribution >= 4 is 17.3 Å². The van der Waals surface area contributed by atoms with Crippen molar-refractivity contribution in [3.05, 3.63) is 65.7 Å².